The van der Waals surface area contributed by atoms with Crippen molar-refractivity contribution in [3.05, 3.63) is 89.0 Å². The Morgan fingerprint density at radius 3 is 2.62 bits per heavy atom. The largest absolute Gasteiger partial charge is 0.357 e. The molecule has 2 aliphatic carbocycles. The van der Waals surface area contributed by atoms with Crippen LogP contribution in [0.4, 0.5) is 10.1 Å². The molecule has 0 bridgehead atoms. The number of carbonyl (C=O) groups is 1. The summed E-state index contributed by atoms with van der Waals surface area (Å²) in [5.41, 5.74) is 6.88. The number of anilines is 1. The molecule has 0 radical (unpaired) electrons. The zero-order valence-corrected chi connectivity index (χ0v) is 18.4. The number of fused-ring (bicyclic) bond motifs is 1. The topological polar surface area (TPSA) is 37.8 Å². The van der Waals surface area contributed by atoms with Gasteiger partial charge >= 0.3 is 0 Å². The molecular weight excluding hydrogens is 427 g/mol. The lowest BCUT2D eigenvalue weighted by Gasteiger charge is -2.32. The molecule has 1 amide bonds. The van der Waals surface area contributed by atoms with Crippen LogP contribution in [-0.4, -0.2) is 28.2 Å². The van der Waals surface area contributed by atoms with Gasteiger partial charge in [0.05, 0.1) is 0 Å². The maximum Gasteiger partial charge on any atom is 0.228 e. The van der Waals surface area contributed by atoms with Crippen molar-refractivity contribution >= 4 is 17.7 Å². The van der Waals surface area contributed by atoms with Gasteiger partial charge in [0, 0.05) is 42.7 Å². The van der Waals surface area contributed by atoms with Crippen LogP contribution in [-0.2, 0) is 22.4 Å². The van der Waals surface area contributed by atoms with Crippen molar-refractivity contribution in [1.82, 2.24) is 4.57 Å². The van der Waals surface area contributed by atoms with Crippen LogP contribution in [0.5, 0.6) is 0 Å². The summed E-state index contributed by atoms with van der Waals surface area (Å²) in [6, 6.07) is 17.1. The highest BCUT2D eigenvalue weighted by atomic mass is 19.1. The fourth-order valence-corrected chi connectivity index (χ4v) is 6.28. The number of amides is 1. The van der Waals surface area contributed by atoms with Gasteiger partial charge in [-0.25, -0.2) is 4.39 Å². The van der Waals surface area contributed by atoms with Crippen LogP contribution in [0, 0.1) is 5.82 Å². The summed E-state index contributed by atoms with van der Waals surface area (Å²) < 4.78 is 22.1. The molecule has 174 valence electrons. The maximum absolute atomic E-state index is 13.4. The van der Waals surface area contributed by atoms with Gasteiger partial charge in [0.25, 0.3) is 0 Å². The molecule has 4 aliphatic rings. The van der Waals surface area contributed by atoms with E-state index < -0.39 is 0 Å². The Kier molecular flexibility index (Phi) is 4.65. The number of hydrogen-bond donors (Lipinski definition) is 0. The first-order valence-electron chi connectivity index (χ1n) is 11.8. The van der Waals surface area contributed by atoms with Crippen molar-refractivity contribution in [2.24, 2.45) is 0 Å². The highest BCUT2D eigenvalue weighted by Gasteiger charge is 2.74. The number of aromatic nitrogens is 1. The van der Waals surface area contributed by atoms with E-state index in [-0.39, 0.29) is 30.4 Å². The van der Waals surface area contributed by atoms with Crippen LogP contribution in [0.2, 0.25) is 0 Å². The molecule has 4 nitrogen and oxygen atoms in total. The minimum Gasteiger partial charge on any atom is -0.357 e. The number of carbonyl (C=O) groups excluding carboxylic acids is 1. The fraction of sp³-hybridized carbons (Fsp3) is 0.345. The van der Waals surface area contributed by atoms with E-state index in [1.54, 1.807) is 0 Å². The van der Waals surface area contributed by atoms with Crippen LogP contribution in [0.3, 0.4) is 0 Å². The molecule has 2 aliphatic heterocycles. The summed E-state index contributed by atoms with van der Waals surface area (Å²) >= 11 is 0. The standard InChI is InChI=1S/C28H25FN2O2.CH4/c29-22-5-7-23(8-6-22)30-15-11-20-18-28-21(17-25(20)30)10-14-27(28,33-28)13-9-19-3-1-2-4-24(19)31-16-12-26(31)32;/h1-8,11,15,17H,9-10,12-14,16,18H2;1H4/t27-,28?;/m0./s1. The molecule has 1 aromatic heterocycles. The van der Waals surface area contributed by atoms with Crippen LogP contribution in [0.1, 0.15) is 49.9 Å². The molecule has 3 heterocycles. The van der Waals surface area contributed by atoms with E-state index in [1.165, 1.54) is 34.5 Å². The number of aryl methyl sites for hydroxylation is 1. The Morgan fingerprint density at radius 2 is 1.85 bits per heavy atom. The Bertz CT molecular complexity index is 1320. The number of rotatable bonds is 5. The van der Waals surface area contributed by atoms with E-state index in [0.29, 0.717) is 6.42 Å². The molecule has 1 spiro atoms. The molecule has 1 saturated carbocycles. The molecule has 2 saturated heterocycles. The smallest absolute Gasteiger partial charge is 0.228 e. The summed E-state index contributed by atoms with van der Waals surface area (Å²) in [4.78, 5) is 13.9. The third-order valence-corrected chi connectivity index (χ3v) is 8.18. The van der Waals surface area contributed by atoms with E-state index in [4.69, 9.17) is 4.74 Å². The second kappa shape index (κ2) is 7.41. The lowest BCUT2D eigenvalue weighted by atomic mass is 9.81. The molecular formula is C29H29FN2O2. The first-order chi connectivity index (χ1) is 16.1. The van der Waals surface area contributed by atoms with Gasteiger partial charge in [0.1, 0.15) is 17.0 Å². The van der Waals surface area contributed by atoms with Gasteiger partial charge in [-0.3, -0.25) is 4.79 Å². The summed E-state index contributed by atoms with van der Waals surface area (Å²) in [6.07, 6.45) is 9.93. The van der Waals surface area contributed by atoms with E-state index in [1.807, 2.05) is 23.1 Å². The summed E-state index contributed by atoms with van der Waals surface area (Å²) in [5.74, 6) is 0.000374. The van der Waals surface area contributed by atoms with Gasteiger partial charge in [-0.15, -0.1) is 0 Å². The lowest BCUT2D eigenvalue weighted by Crippen LogP contribution is -2.43. The lowest BCUT2D eigenvalue weighted by molar-refractivity contribution is -0.122. The van der Waals surface area contributed by atoms with Gasteiger partial charge in [-0.1, -0.05) is 25.6 Å². The first-order valence-corrected chi connectivity index (χ1v) is 11.8. The number of benzene rings is 2. The van der Waals surface area contributed by atoms with E-state index in [2.05, 4.69) is 41.1 Å². The van der Waals surface area contributed by atoms with Gasteiger partial charge < -0.3 is 14.2 Å². The zero-order chi connectivity index (χ0) is 22.2. The van der Waals surface area contributed by atoms with E-state index in [9.17, 15) is 9.18 Å². The maximum atomic E-state index is 13.4. The van der Waals surface area contributed by atoms with Gasteiger partial charge in [0.15, 0.2) is 0 Å². The van der Waals surface area contributed by atoms with Gasteiger partial charge in [0.2, 0.25) is 5.91 Å². The van der Waals surface area contributed by atoms with Crippen molar-refractivity contribution in [3.63, 3.8) is 0 Å². The number of hydrogen-bond acceptors (Lipinski definition) is 2. The summed E-state index contributed by atoms with van der Waals surface area (Å²) in [7, 11) is 0. The number of ether oxygens (including phenoxy) is 1. The van der Waals surface area contributed by atoms with E-state index in [0.717, 1.165) is 50.0 Å². The average Bonchev–Trinajstić information content (AvgIpc) is 3.09. The Balaban J connectivity index is 0.00000217. The number of nitrogens with zero attached hydrogens (tertiary/aromatic N) is 2. The zero-order valence-electron chi connectivity index (χ0n) is 18.4. The molecule has 3 fully saturated rings. The number of halogens is 1. The molecule has 3 aromatic rings. The van der Waals surface area contributed by atoms with Crippen molar-refractivity contribution < 1.29 is 13.9 Å². The van der Waals surface area contributed by atoms with Crippen molar-refractivity contribution in [2.45, 2.75) is 57.2 Å². The van der Waals surface area contributed by atoms with Gasteiger partial charge in [-0.2, -0.15) is 0 Å². The average molecular weight is 457 g/mol. The number of para-hydroxylation sites is 1. The second-order valence-electron chi connectivity index (χ2n) is 9.77. The normalized spacial score (nSPS) is 26.1. The number of β-lactam (4-membered cyclic amide) rings is 1. The number of epoxide rings is 1. The Morgan fingerprint density at radius 1 is 1.03 bits per heavy atom. The van der Waals surface area contributed by atoms with Crippen LogP contribution in [0.15, 0.2) is 66.4 Å². The molecule has 2 aromatic carbocycles. The quantitative estimate of drug-likeness (QED) is 0.356. The fourth-order valence-electron chi connectivity index (χ4n) is 6.28. The predicted molar refractivity (Wildman–Crippen MR) is 132 cm³/mol. The summed E-state index contributed by atoms with van der Waals surface area (Å²) in [6.45, 7) is 0.822. The van der Waals surface area contributed by atoms with Crippen molar-refractivity contribution in [3.8, 4) is 5.69 Å². The molecule has 7 rings (SSSR count). The predicted octanol–water partition coefficient (Wildman–Crippen LogP) is 5.86. The summed E-state index contributed by atoms with van der Waals surface area (Å²) in [5, 5.41) is 0. The van der Waals surface area contributed by atoms with Crippen LogP contribution >= 0.6 is 0 Å². The molecule has 1 unspecified atom stereocenters. The SMILES string of the molecule is C.O=C1CCN1c1ccccc1CC[C@]12CCC3=Cc4c(ccn4-c4ccc(F)cc4)CC31O2. The minimum atomic E-state index is -0.218. The Hall–Kier alpha value is -3.18. The van der Waals surface area contributed by atoms with Gasteiger partial charge in [-0.05, 0) is 84.9 Å². The third-order valence-electron chi connectivity index (χ3n) is 8.18. The molecule has 34 heavy (non-hydrogen) atoms. The van der Waals surface area contributed by atoms with Crippen molar-refractivity contribution in [2.75, 3.05) is 11.4 Å². The molecule has 2 atom stereocenters. The van der Waals surface area contributed by atoms with Crippen LogP contribution in [0.25, 0.3) is 11.8 Å². The highest BCUT2D eigenvalue weighted by Crippen LogP contribution is 2.67. The first kappa shape index (κ1) is 21.4. The highest BCUT2D eigenvalue weighted by molar-refractivity contribution is 6.00. The monoisotopic (exact) mass is 456 g/mol. The minimum absolute atomic E-state index is 0. The second-order valence-corrected chi connectivity index (χ2v) is 9.77. The molecule has 0 N–H and O–H groups in total. The molecule has 5 heteroatoms. The van der Waals surface area contributed by atoms with E-state index >= 15 is 0 Å². The van der Waals surface area contributed by atoms with Crippen LogP contribution < -0.4 is 4.90 Å². The third kappa shape index (κ3) is 2.89. The van der Waals surface area contributed by atoms with Crippen molar-refractivity contribution in [1.29, 1.82) is 0 Å². The Labute approximate surface area is 199 Å².